The second-order valence-corrected chi connectivity index (χ2v) is 5.06. The van der Waals surface area contributed by atoms with Gasteiger partial charge >= 0.3 is 0 Å². The summed E-state index contributed by atoms with van der Waals surface area (Å²) in [5, 5.41) is 0. The molecule has 0 nitrogen and oxygen atoms in total. The molecular formula is C14H28. The summed E-state index contributed by atoms with van der Waals surface area (Å²) in [5.41, 5.74) is 1.33. The fourth-order valence-corrected chi connectivity index (χ4v) is 2.33. The molecule has 0 aliphatic carbocycles. The molecule has 0 radical (unpaired) electrons. The van der Waals surface area contributed by atoms with E-state index >= 15 is 0 Å². The quantitative estimate of drug-likeness (QED) is 0.500. The molecule has 84 valence electrons. The molecule has 0 rings (SSSR count). The first-order valence-corrected chi connectivity index (χ1v) is 6.15. The standard InChI is InChI=1S/C14H28/c1-7-13(6)14(8-2)10-12(5)9-11(3)4/h12-14H,3,7-10H2,1-2,4-6H3. The largest absolute Gasteiger partial charge is 0.100 e. The Bertz CT molecular complexity index is 157. The normalized spacial score (nSPS) is 17.5. The summed E-state index contributed by atoms with van der Waals surface area (Å²) < 4.78 is 0. The molecule has 0 spiro atoms. The van der Waals surface area contributed by atoms with Crippen LogP contribution in [0.5, 0.6) is 0 Å². The van der Waals surface area contributed by atoms with Crippen molar-refractivity contribution in [3.05, 3.63) is 12.2 Å². The van der Waals surface area contributed by atoms with Crippen LogP contribution in [-0.2, 0) is 0 Å². The molecule has 0 aliphatic rings. The monoisotopic (exact) mass is 196 g/mol. The lowest BCUT2D eigenvalue weighted by molar-refractivity contribution is 0.275. The highest BCUT2D eigenvalue weighted by Crippen LogP contribution is 2.28. The minimum atomic E-state index is 0.812. The third kappa shape index (κ3) is 5.47. The molecule has 0 saturated heterocycles. The van der Waals surface area contributed by atoms with E-state index in [9.17, 15) is 0 Å². The Balaban J connectivity index is 3.97. The zero-order valence-corrected chi connectivity index (χ0v) is 10.8. The van der Waals surface area contributed by atoms with Crippen molar-refractivity contribution in [3.63, 3.8) is 0 Å². The molecule has 14 heavy (non-hydrogen) atoms. The Morgan fingerprint density at radius 1 is 1.14 bits per heavy atom. The van der Waals surface area contributed by atoms with Crippen LogP contribution < -0.4 is 0 Å². The second-order valence-electron chi connectivity index (χ2n) is 5.06. The third-order valence-electron chi connectivity index (χ3n) is 3.38. The number of hydrogen-bond acceptors (Lipinski definition) is 0. The fourth-order valence-electron chi connectivity index (χ4n) is 2.33. The highest BCUT2D eigenvalue weighted by molar-refractivity contribution is 4.89. The van der Waals surface area contributed by atoms with Crippen LogP contribution in [0.1, 0.15) is 60.3 Å². The third-order valence-corrected chi connectivity index (χ3v) is 3.38. The maximum Gasteiger partial charge on any atom is -0.0300 e. The van der Waals surface area contributed by atoms with Crippen LogP contribution in [0.15, 0.2) is 12.2 Å². The van der Waals surface area contributed by atoms with Gasteiger partial charge in [-0.05, 0) is 37.5 Å². The van der Waals surface area contributed by atoms with Crippen molar-refractivity contribution in [2.24, 2.45) is 17.8 Å². The van der Waals surface area contributed by atoms with Gasteiger partial charge in [-0.25, -0.2) is 0 Å². The summed E-state index contributed by atoms with van der Waals surface area (Å²) in [6.45, 7) is 15.5. The molecule has 0 fully saturated rings. The van der Waals surface area contributed by atoms with Gasteiger partial charge in [-0.1, -0.05) is 46.1 Å². The van der Waals surface area contributed by atoms with Crippen molar-refractivity contribution in [1.82, 2.24) is 0 Å². The smallest absolute Gasteiger partial charge is 0.0300 e. The van der Waals surface area contributed by atoms with E-state index in [1.165, 1.54) is 31.3 Å². The summed E-state index contributed by atoms with van der Waals surface area (Å²) in [6, 6.07) is 0. The average Bonchev–Trinajstić information content (AvgIpc) is 2.11. The van der Waals surface area contributed by atoms with Crippen LogP contribution in [-0.4, -0.2) is 0 Å². The number of hydrogen-bond donors (Lipinski definition) is 0. The molecule has 0 saturated carbocycles. The zero-order chi connectivity index (χ0) is 11.1. The molecule has 0 aromatic heterocycles. The lowest BCUT2D eigenvalue weighted by Gasteiger charge is -2.24. The van der Waals surface area contributed by atoms with Gasteiger partial charge in [0.15, 0.2) is 0 Å². The van der Waals surface area contributed by atoms with Gasteiger partial charge in [-0.15, -0.1) is 6.58 Å². The highest BCUT2D eigenvalue weighted by Gasteiger charge is 2.16. The SMILES string of the molecule is C=C(C)CC(C)CC(CC)C(C)CC. The van der Waals surface area contributed by atoms with E-state index < -0.39 is 0 Å². The Labute approximate surface area is 90.8 Å². The first-order chi connectivity index (χ1) is 6.51. The maximum atomic E-state index is 3.99. The Hall–Kier alpha value is -0.260. The predicted octanol–water partition coefficient (Wildman–Crippen LogP) is 5.05. The first-order valence-electron chi connectivity index (χ1n) is 6.15. The molecule has 0 amide bonds. The molecule has 0 heterocycles. The summed E-state index contributed by atoms with van der Waals surface area (Å²) in [5.74, 6) is 2.60. The Morgan fingerprint density at radius 3 is 2.07 bits per heavy atom. The van der Waals surface area contributed by atoms with E-state index in [0.29, 0.717) is 0 Å². The zero-order valence-electron chi connectivity index (χ0n) is 10.8. The van der Waals surface area contributed by atoms with Gasteiger partial charge in [-0.3, -0.25) is 0 Å². The van der Waals surface area contributed by atoms with E-state index in [0.717, 1.165) is 17.8 Å². The van der Waals surface area contributed by atoms with Crippen LogP contribution in [0, 0.1) is 17.8 Å². The molecule has 0 N–H and O–H groups in total. The van der Waals surface area contributed by atoms with Crippen molar-refractivity contribution in [1.29, 1.82) is 0 Å². The van der Waals surface area contributed by atoms with E-state index in [1.807, 2.05) is 0 Å². The lowest BCUT2D eigenvalue weighted by Crippen LogP contribution is -2.14. The van der Waals surface area contributed by atoms with Crippen LogP contribution in [0.2, 0.25) is 0 Å². The van der Waals surface area contributed by atoms with Gasteiger partial charge < -0.3 is 0 Å². The predicted molar refractivity (Wildman–Crippen MR) is 66.4 cm³/mol. The van der Waals surface area contributed by atoms with Gasteiger partial charge in [0.1, 0.15) is 0 Å². The summed E-state index contributed by atoms with van der Waals surface area (Å²) in [6.07, 6.45) is 5.22. The topological polar surface area (TPSA) is 0 Å². The van der Waals surface area contributed by atoms with Crippen LogP contribution in [0.25, 0.3) is 0 Å². The number of allylic oxidation sites excluding steroid dienone is 1. The van der Waals surface area contributed by atoms with E-state index in [-0.39, 0.29) is 0 Å². The van der Waals surface area contributed by atoms with E-state index in [2.05, 4.69) is 41.2 Å². The van der Waals surface area contributed by atoms with Gasteiger partial charge in [-0.2, -0.15) is 0 Å². The molecule has 0 aliphatic heterocycles. The molecule has 0 bridgehead atoms. The van der Waals surface area contributed by atoms with E-state index in [1.54, 1.807) is 0 Å². The highest BCUT2D eigenvalue weighted by atomic mass is 14.2. The lowest BCUT2D eigenvalue weighted by atomic mass is 9.81. The van der Waals surface area contributed by atoms with E-state index in [4.69, 9.17) is 0 Å². The van der Waals surface area contributed by atoms with Gasteiger partial charge in [0.25, 0.3) is 0 Å². The number of rotatable bonds is 7. The van der Waals surface area contributed by atoms with Gasteiger partial charge in [0.05, 0.1) is 0 Å². The minimum Gasteiger partial charge on any atom is -0.100 e. The van der Waals surface area contributed by atoms with Crippen LogP contribution >= 0.6 is 0 Å². The van der Waals surface area contributed by atoms with Crippen molar-refractivity contribution in [3.8, 4) is 0 Å². The average molecular weight is 196 g/mol. The van der Waals surface area contributed by atoms with Crippen molar-refractivity contribution < 1.29 is 0 Å². The Morgan fingerprint density at radius 2 is 1.71 bits per heavy atom. The molecule has 0 aromatic rings. The summed E-state index contributed by atoms with van der Waals surface area (Å²) >= 11 is 0. The molecule has 3 unspecified atom stereocenters. The first kappa shape index (κ1) is 13.7. The van der Waals surface area contributed by atoms with Gasteiger partial charge in [0.2, 0.25) is 0 Å². The van der Waals surface area contributed by atoms with Crippen molar-refractivity contribution in [2.45, 2.75) is 60.3 Å². The maximum absolute atomic E-state index is 3.99. The molecule has 0 aromatic carbocycles. The van der Waals surface area contributed by atoms with Gasteiger partial charge in [0, 0.05) is 0 Å². The summed E-state index contributed by atoms with van der Waals surface area (Å²) in [4.78, 5) is 0. The molecule has 0 heteroatoms. The fraction of sp³-hybridized carbons (Fsp3) is 0.857. The summed E-state index contributed by atoms with van der Waals surface area (Å²) in [7, 11) is 0. The molecular weight excluding hydrogens is 168 g/mol. The Kier molecular flexibility index (Phi) is 6.96. The molecule has 3 atom stereocenters. The van der Waals surface area contributed by atoms with Crippen molar-refractivity contribution in [2.75, 3.05) is 0 Å². The second kappa shape index (κ2) is 7.09. The van der Waals surface area contributed by atoms with Crippen LogP contribution in [0.3, 0.4) is 0 Å². The minimum absolute atomic E-state index is 0.812. The van der Waals surface area contributed by atoms with Crippen LogP contribution in [0.4, 0.5) is 0 Å². The van der Waals surface area contributed by atoms with Crippen molar-refractivity contribution >= 4 is 0 Å².